The normalized spacial score (nSPS) is 15.1. The maximum absolute atomic E-state index is 13.1. The topological polar surface area (TPSA) is 74.5 Å². The molecule has 1 amide bonds. The number of piperazine rings is 1. The van der Waals surface area contributed by atoms with Crippen molar-refractivity contribution in [3.8, 4) is 0 Å². The molecule has 10 heteroatoms. The van der Waals surface area contributed by atoms with Gasteiger partial charge in [0.25, 0.3) is 5.91 Å². The van der Waals surface area contributed by atoms with Crippen molar-refractivity contribution in [2.24, 2.45) is 0 Å². The molecule has 0 radical (unpaired) electrons. The largest absolute Gasteiger partial charge is 0.416 e. The van der Waals surface area contributed by atoms with Gasteiger partial charge >= 0.3 is 6.18 Å². The summed E-state index contributed by atoms with van der Waals surface area (Å²) in [6.45, 7) is 4.86. The summed E-state index contributed by atoms with van der Waals surface area (Å²) in [6.07, 6.45) is -2.96. The van der Waals surface area contributed by atoms with Crippen molar-refractivity contribution in [1.29, 1.82) is 0 Å². The average Bonchev–Trinajstić information content (AvgIpc) is 3.18. The number of nitrogens with one attached hydrogen (secondary N) is 1. The van der Waals surface area contributed by atoms with E-state index in [1.165, 1.54) is 18.3 Å². The first-order valence-corrected chi connectivity index (χ1v) is 10.1. The zero-order chi connectivity index (χ0) is 22.7. The fraction of sp³-hybridized carbons (Fsp3) is 0.318. The van der Waals surface area contributed by atoms with Crippen LogP contribution in [0.2, 0.25) is 0 Å². The second-order valence-corrected chi connectivity index (χ2v) is 7.61. The van der Waals surface area contributed by atoms with E-state index >= 15 is 0 Å². The molecule has 1 aromatic carbocycles. The number of hydrogen-bond acceptors (Lipinski definition) is 6. The fourth-order valence-corrected chi connectivity index (χ4v) is 3.58. The highest BCUT2D eigenvalue weighted by Gasteiger charge is 2.30. The Labute approximate surface area is 182 Å². The van der Waals surface area contributed by atoms with Gasteiger partial charge in [0.1, 0.15) is 5.82 Å². The van der Waals surface area contributed by atoms with Crippen LogP contribution < -0.4 is 5.32 Å². The minimum atomic E-state index is -4.45. The summed E-state index contributed by atoms with van der Waals surface area (Å²) in [5.74, 6) is 0.779. The van der Waals surface area contributed by atoms with E-state index in [1.54, 1.807) is 17.0 Å². The van der Waals surface area contributed by atoms with Crippen LogP contribution in [0.5, 0.6) is 0 Å². The first kappa shape index (κ1) is 21.8. The molecule has 3 aromatic rings. The minimum Gasteiger partial charge on any atom is -0.360 e. The Bertz CT molecular complexity index is 1090. The number of aryl methyl sites for hydroxylation is 1. The van der Waals surface area contributed by atoms with E-state index in [0.29, 0.717) is 38.3 Å². The Morgan fingerprint density at radius 3 is 2.59 bits per heavy atom. The molecule has 1 aliphatic heterocycles. The van der Waals surface area contributed by atoms with Crippen LogP contribution in [0.1, 0.15) is 27.4 Å². The molecule has 1 N–H and O–H groups in total. The molecule has 7 nitrogen and oxygen atoms in total. The molecule has 0 aliphatic carbocycles. The molecule has 4 rings (SSSR count). The predicted molar refractivity (Wildman–Crippen MR) is 111 cm³/mol. The summed E-state index contributed by atoms with van der Waals surface area (Å²) in [5.41, 5.74) is 0.569. The number of aromatic nitrogens is 2. The molecule has 1 saturated heterocycles. The lowest BCUT2D eigenvalue weighted by molar-refractivity contribution is -0.137. The van der Waals surface area contributed by atoms with Crippen molar-refractivity contribution >= 4 is 17.4 Å². The van der Waals surface area contributed by atoms with Crippen LogP contribution in [0, 0.1) is 6.92 Å². The number of hydrogen-bond donors (Lipinski definition) is 1. The van der Waals surface area contributed by atoms with E-state index in [0.717, 1.165) is 23.6 Å². The van der Waals surface area contributed by atoms with Gasteiger partial charge in [-0.25, -0.2) is 4.98 Å². The van der Waals surface area contributed by atoms with Crippen molar-refractivity contribution in [3.05, 3.63) is 71.2 Å². The summed E-state index contributed by atoms with van der Waals surface area (Å²) >= 11 is 0. The number of anilines is 2. The lowest BCUT2D eigenvalue weighted by atomic mass is 10.1. The van der Waals surface area contributed by atoms with Crippen LogP contribution in [0.25, 0.3) is 0 Å². The number of rotatable bonds is 5. The van der Waals surface area contributed by atoms with Crippen molar-refractivity contribution in [2.75, 3.05) is 31.5 Å². The Balaban J connectivity index is 1.43. The molecule has 0 atom stereocenters. The number of halogens is 3. The van der Waals surface area contributed by atoms with Gasteiger partial charge in [-0.2, -0.15) is 13.2 Å². The molecule has 168 valence electrons. The number of benzene rings is 1. The lowest BCUT2D eigenvalue weighted by Gasteiger charge is -2.34. The number of nitrogens with zero attached hydrogens (tertiary/aromatic N) is 4. The van der Waals surface area contributed by atoms with Gasteiger partial charge in [0.05, 0.1) is 23.4 Å². The molecule has 3 heterocycles. The Morgan fingerprint density at radius 2 is 1.91 bits per heavy atom. The highest BCUT2D eigenvalue weighted by Crippen LogP contribution is 2.31. The smallest absolute Gasteiger partial charge is 0.360 e. The maximum atomic E-state index is 13.1. The van der Waals surface area contributed by atoms with Crippen LogP contribution >= 0.6 is 0 Å². The minimum absolute atomic E-state index is 0.208. The predicted octanol–water partition coefficient (Wildman–Crippen LogP) is 4.10. The molecular formula is C22H22F3N5O2. The van der Waals surface area contributed by atoms with Gasteiger partial charge in [0.2, 0.25) is 0 Å². The lowest BCUT2D eigenvalue weighted by Crippen LogP contribution is -2.48. The third kappa shape index (κ3) is 5.08. The zero-order valence-corrected chi connectivity index (χ0v) is 17.4. The van der Waals surface area contributed by atoms with Crippen LogP contribution in [0.3, 0.4) is 0 Å². The molecule has 32 heavy (non-hydrogen) atoms. The summed E-state index contributed by atoms with van der Waals surface area (Å²) in [4.78, 5) is 21.2. The Kier molecular flexibility index (Phi) is 6.13. The summed E-state index contributed by atoms with van der Waals surface area (Å²) in [7, 11) is 0. The molecule has 0 unspecified atom stereocenters. The highest BCUT2D eigenvalue weighted by atomic mass is 19.4. The van der Waals surface area contributed by atoms with E-state index in [9.17, 15) is 18.0 Å². The quantitative estimate of drug-likeness (QED) is 0.638. The average molecular weight is 445 g/mol. The van der Waals surface area contributed by atoms with Gasteiger partial charge in [-0.1, -0.05) is 11.2 Å². The van der Waals surface area contributed by atoms with Gasteiger partial charge in [0.15, 0.2) is 5.76 Å². The molecule has 0 spiro atoms. The van der Waals surface area contributed by atoms with Crippen molar-refractivity contribution in [1.82, 2.24) is 19.9 Å². The molecule has 0 saturated carbocycles. The summed E-state index contributed by atoms with van der Waals surface area (Å²) in [5, 5.41) is 6.75. The van der Waals surface area contributed by atoms with E-state index in [4.69, 9.17) is 4.52 Å². The Hall–Kier alpha value is -3.40. The third-order valence-corrected chi connectivity index (χ3v) is 5.21. The number of alkyl halides is 3. The fourth-order valence-electron chi connectivity index (χ4n) is 3.58. The molecule has 1 aliphatic rings. The number of carbonyl (C=O) groups excluding carboxylic acids is 1. The molecular weight excluding hydrogens is 423 g/mol. The third-order valence-electron chi connectivity index (χ3n) is 5.21. The standard InChI is InChI=1S/C22H22F3N5O2/c1-15-12-18(32-28-15)14-29-8-10-30(11-9-29)21(31)19-6-3-7-26-20(19)27-17-5-2-4-16(13-17)22(23,24)25/h2-7,12-13H,8-11,14H2,1H3,(H,26,27). The second kappa shape index (κ2) is 8.99. The SMILES string of the molecule is Cc1cc(CN2CCN(C(=O)c3cccnc3Nc3cccc(C(F)(F)F)c3)CC2)on1. The highest BCUT2D eigenvalue weighted by molar-refractivity contribution is 5.99. The van der Waals surface area contributed by atoms with Gasteiger partial charge < -0.3 is 14.7 Å². The number of pyridine rings is 1. The zero-order valence-electron chi connectivity index (χ0n) is 17.4. The van der Waals surface area contributed by atoms with Crippen LogP contribution in [0.15, 0.2) is 53.2 Å². The van der Waals surface area contributed by atoms with Crippen molar-refractivity contribution < 1.29 is 22.5 Å². The van der Waals surface area contributed by atoms with Gasteiger partial charge in [-0.15, -0.1) is 0 Å². The van der Waals surface area contributed by atoms with Gasteiger partial charge in [-0.05, 0) is 37.3 Å². The van der Waals surface area contributed by atoms with E-state index in [1.807, 2.05) is 13.0 Å². The Morgan fingerprint density at radius 1 is 1.12 bits per heavy atom. The van der Waals surface area contributed by atoms with E-state index < -0.39 is 11.7 Å². The number of carbonyl (C=O) groups is 1. The summed E-state index contributed by atoms with van der Waals surface area (Å²) in [6, 6.07) is 9.94. The number of amides is 1. The van der Waals surface area contributed by atoms with Crippen molar-refractivity contribution in [3.63, 3.8) is 0 Å². The second-order valence-electron chi connectivity index (χ2n) is 7.61. The van der Waals surface area contributed by atoms with Gasteiger partial charge in [0, 0.05) is 44.1 Å². The van der Waals surface area contributed by atoms with E-state index in [-0.39, 0.29) is 17.4 Å². The van der Waals surface area contributed by atoms with E-state index in [2.05, 4.69) is 20.4 Å². The van der Waals surface area contributed by atoms with Crippen LogP contribution in [0.4, 0.5) is 24.7 Å². The maximum Gasteiger partial charge on any atom is 0.416 e. The van der Waals surface area contributed by atoms with Crippen LogP contribution in [-0.4, -0.2) is 52.0 Å². The molecule has 2 aromatic heterocycles. The van der Waals surface area contributed by atoms with Gasteiger partial charge in [-0.3, -0.25) is 9.69 Å². The molecule has 0 bridgehead atoms. The molecule has 1 fully saturated rings. The van der Waals surface area contributed by atoms with Crippen molar-refractivity contribution in [2.45, 2.75) is 19.6 Å². The summed E-state index contributed by atoms with van der Waals surface area (Å²) < 4.78 is 44.3. The first-order valence-electron chi connectivity index (χ1n) is 10.1. The first-order chi connectivity index (χ1) is 15.3. The monoisotopic (exact) mass is 445 g/mol. The van der Waals surface area contributed by atoms with Crippen LogP contribution in [-0.2, 0) is 12.7 Å².